The first kappa shape index (κ1) is 18.2. The lowest BCUT2D eigenvalue weighted by Gasteiger charge is -2.19. The van der Waals surface area contributed by atoms with Crippen molar-refractivity contribution in [3.8, 4) is 5.82 Å². The molecule has 0 radical (unpaired) electrons. The minimum absolute atomic E-state index is 0.432. The van der Waals surface area contributed by atoms with Gasteiger partial charge in [0, 0.05) is 17.6 Å². The number of pyridine rings is 1. The lowest BCUT2D eigenvalue weighted by Crippen LogP contribution is -2.24. The van der Waals surface area contributed by atoms with Crippen molar-refractivity contribution in [2.75, 3.05) is 5.32 Å². The number of nitrogens with one attached hydrogen (secondary N) is 1. The fourth-order valence-electron chi connectivity index (χ4n) is 3.75. The molecule has 6 nitrogen and oxygen atoms in total. The molecule has 2 heterocycles. The molecule has 4 rings (SSSR count). The van der Waals surface area contributed by atoms with Gasteiger partial charge in [0.25, 0.3) is 0 Å². The molecule has 1 aliphatic rings. The van der Waals surface area contributed by atoms with Gasteiger partial charge in [0.1, 0.15) is 0 Å². The molecular formula is C22H26N6. The molecule has 6 heteroatoms. The summed E-state index contributed by atoms with van der Waals surface area (Å²) in [6.45, 7) is 4.49. The van der Waals surface area contributed by atoms with Crippen LogP contribution in [0.5, 0.6) is 0 Å². The molecule has 0 fully saturated rings. The highest BCUT2D eigenvalue weighted by molar-refractivity contribution is 5.93. The lowest BCUT2D eigenvalue weighted by atomic mass is 9.90. The first-order chi connectivity index (χ1) is 13.6. The summed E-state index contributed by atoms with van der Waals surface area (Å²) >= 11 is 0. The normalized spacial score (nSPS) is 14.0. The van der Waals surface area contributed by atoms with Crippen LogP contribution in [0.2, 0.25) is 0 Å². The summed E-state index contributed by atoms with van der Waals surface area (Å²) < 4.78 is 1.84. The number of hydrogen-bond acceptors (Lipinski definition) is 3. The number of anilines is 1. The van der Waals surface area contributed by atoms with Crippen molar-refractivity contribution in [2.45, 2.75) is 46.1 Å². The second-order valence-electron chi connectivity index (χ2n) is 7.34. The van der Waals surface area contributed by atoms with E-state index in [9.17, 15) is 0 Å². The largest absolute Gasteiger partial charge is 0.370 e. The zero-order valence-corrected chi connectivity index (χ0v) is 16.4. The Kier molecular flexibility index (Phi) is 5.10. The maximum Gasteiger partial charge on any atom is 0.193 e. The van der Waals surface area contributed by atoms with E-state index in [2.05, 4.69) is 38.6 Å². The minimum Gasteiger partial charge on any atom is -0.370 e. The van der Waals surface area contributed by atoms with E-state index in [1.54, 1.807) is 0 Å². The van der Waals surface area contributed by atoms with Gasteiger partial charge in [-0.3, -0.25) is 0 Å². The molecule has 3 aromatic rings. The Morgan fingerprint density at radius 2 is 2.04 bits per heavy atom. The molecule has 3 N–H and O–H groups in total. The number of nitrogens with two attached hydrogens (primary N) is 1. The standard InChI is InChI=1S/C22H26N6/c1-15-12-16(2)28(27-15)21-11-10-17(13-24-21)14-25-22(23)26-20-9-5-7-18-6-3-4-8-19(18)20/h5,7,9-13H,3-4,6,8,14H2,1-2H3,(H3,23,25,26). The van der Waals surface area contributed by atoms with Crippen molar-refractivity contribution in [3.05, 3.63) is 70.7 Å². The van der Waals surface area contributed by atoms with Gasteiger partial charge in [0.05, 0.1) is 12.2 Å². The van der Waals surface area contributed by atoms with E-state index in [0.717, 1.165) is 41.3 Å². The summed E-state index contributed by atoms with van der Waals surface area (Å²) in [4.78, 5) is 9.00. The second kappa shape index (κ2) is 7.84. The van der Waals surface area contributed by atoms with Gasteiger partial charge < -0.3 is 11.1 Å². The number of nitrogens with zero attached hydrogens (tertiary/aromatic N) is 4. The molecule has 0 spiro atoms. The Labute approximate surface area is 165 Å². The first-order valence-corrected chi connectivity index (χ1v) is 9.76. The lowest BCUT2D eigenvalue weighted by molar-refractivity contribution is 0.687. The van der Waals surface area contributed by atoms with E-state index in [-0.39, 0.29) is 0 Å². The van der Waals surface area contributed by atoms with Crippen molar-refractivity contribution in [2.24, 2.45) is 10.7 Å². The fourth-order valence-corrected chi connectivity index (χ4v) is 3.75. The van der Waals surface area contributed by atoms with Crippen molar-refractivity contribution in [1.82, 2.24) is 14.8 Å². The van der Waals surface area contributed by atoms with Crippen LogP contribution < -0.4 is 11.1 Å². The summed E-state index contributed by atoms with van der Waals surface area (Å²) in [5.41, 5.74) is 13.1. The van der Waals surface area contributed by atoms with Crippen LogP contribution in [-0.2, 0) is 19.4 Å². The molecule has 0 aliphatic heterocycles. The number of rotatable bonds is 4. The number of aliphatic imine (C=N–C) groups is 1. The zero-order valence-electron chi connectivity index (χ0n) is 16.4. The van der Waals surface area contributed by atoms with E-state index in [0.29, 0.717) is 12.5 Å². The van der Waals surface area contributed by atoms with Crippen LogP contribution in [0.4, 0.5) is 5.69 Å². The number of fused-ring (bicyclic) bond motifs is 1. The van der Waals surface area contributed by atoms with Crippen LogP contribution >= 0.6 is 0 Å². The molecule has 0 unspecified atom stereocenters. The number of aryl methyl sites for hydroxylation is 3. The predicted octanol–water partition coefficient (Wildman–Crippen LogP) is 3.69. The van der Waals surface area contributed by atoms with Crippen molar-refractivity contribution < 1.29 is 0 Å². The number of aromatic nitrogens is 3. The third-order valence-corrected chi connectivity index (χ3v) is 5.13. The maximum absolute atomic E-state index is 6.13. The molecule has 1 aliphatic carbocycles. The van der Waals surface area contributed by atoms with Crippen molar-refractivity contribution >= 4 is 11.6 Å². The molecule has 0 saturated heterocycles. The Hall–Kier alpha value is -3.15. The highest BCUT2D eigenvalue weighted by Crippen LogP contribution is 2.27. The third kappa shape index (κ3) is 3.91. The van der Waals surface area contributed by atoms with Gasteiger partial charge in [-0.2, -0.15) is 5.10 Å². The molecular weight excluding hydrogens is 348 g/mol. The predicted molar refractivity (Wildman–Crippen MR) is 113 cm³/mol. The molecule has 2 aromatic heterocycles. The van der Waals surface area contributed by atoms with Gasteiger partial charge in [-0.25, -0.2) is 14.7 Å². The van der Waals surface area contributed by atoms with Gasteiger partial charge in [-0.1, -0.05) is 18.2 Å². The van der Waals surface area contributed by atoms with Gasteiger partial charge in [-0.05, 0) is 74.4 Å². The number of benzene rings is 1. The third-order valence-electron chi connectivity index (χ3n) is 5.13. The monoisotopic (exact) mass is 374 g/mol. The Morgan fingerprint density at radius 1 is 1.18 bits per heavy atom. The van der Waals surface area contributed by atoms with Crippen LogP contribution in [0.3, 0.4) is 0 Å². The zero-order chi connectivity index (χ0) is 19.5. The van der Waals surface area contributed by atoms with Gasteiger partial charge in [0.15, 0.2) is 11.8 Å². The van der Waals surface area contributed by atoms with Crippen molar-refractivity contribution in [3.63, 3.8) is 0 Å². The Bertz CT molecular complexity index is 1000. The van der Waals surface area contributed by atoms with E-state index < -0.39 is 0 Å². The van der Waals surface area contributed by atoms with E-state index in [4.69, 9.17) is 5.73 Å². The molecule has 28 heavy (non-hydrogen) atoms. The molecule has 0 saturated carbocycles. The summed E-state index contributed by atoms with van der Waals surface area (Å²) in [7, 11) is 0. The fraction of sp³-hybridized carbons (Fsp3) is 0.318. The quantitative estimate of drug-likeness (QED) is 0.539. The van der Waals surface area contributed by atoms with Crippen LogP contribution in [0, 0.1) is 13.8 Å². The Morgan fingerprint density at radius 3 is 2.79 bits per heavy atom. The summed E-state index contributed by atoms with van der Waals surface area (Å²) in [5.74, 6) is 1.24. The molecule has 0 amide bonds. The van der Waals surface area contributed by atoms with Crippen LogP contribution in [0.25, 0.3) is 5.82 Å². The van der Waals surface area contributed by atoms with E-state index in [1.165, 1.54) is 24.0 Å². The summed E-state index contributed by atoms with van der Waals surface area (Å²) in [6, 6.07) is 12.4. The van der Waals surface area contributed by atoms with Crippen molar-refractivity contribution in [1.29, 1.82) is 0 Å². The number of hydrogen-bond donors (Lipinski definition) is 2. The average molecular weight is 374 g/mol. The summed E-state index contributed by atoms with van der Waals surface area (Å²) in [5, 5.41) is 7.74. The highest BCUT2D eigenvalue weighted by atomic mass is 15.3. The van der Waals surface area contributed by atoms with Crippen LogP contribution in [-0.4, -0.2) is 20.7 Å². The Balaban J connectivity index is 1.43. The second-order valence-corrected chi connectivity index (χ2v) is 7.34. The minimum atomic E-state index is 0.432. The topological polar surface area (TPSA) is 81.1 Å². The van der Waals surface area contributed by atoms with Gasteiger partial charge in [0.2, 0.25) is 0 Å². The highest BCUT2D eigenvalue weighted by Gasteiger charge is 2.13. The van der Waals surface area contributed by atoms with E-state index in [1.807, 2.05) is 42.9 Å². The molecule has 0 bridgehead atoms. The molecule has 1 aromatic carbocycles. The number of guanidine groups is 1. The van der Waals surface area contributed by atoms with Crippen LogP contribution in [0.15, 0.2) is 47.6 Å². The smallest absolute Gasteiger partial charge is 0.193 e. The van der Waals surface area contributed by atoms with Gasteiger partial charge >= 0.3 is 0 Å². The SMILES string of the molecule is Cc1cc(C)n(-c2ccc(CN=C(N)Nc3cccc4c3CCCC4)cn2)n1. The molecule has 0 atom stereocenters. The average Bonchev–Trinajstić information content (AvgIpc) is 3.05. The first-order valence-electron chi connectivity index (χ1n) is 9.76. The maximum atomic E-state index is 6.13. The van der Waals surface area contributed by atoms with Gasteiger partial charge in [-0.15, -0.1) is 0 Å². The van der Waals surface area contributed by atoms with Crippen LogP contribution in [0.1, 0.15) is 40.9 Å². The van der Waals surface area contributed by atoms with E-state index >= 15 is 0 Å². The molecule has 144 valence electrons. The summed E-state index contributed by atoms with van der Waals surface area (Å²) in [6.07, 6.45) is 6.57.